The van der Waals surface area contributed by atoms with E-state index in [0.29, 0.717) is 36.1 Å². The van der Waals surface area contributed by atoms with Gasteiger partial charge in [-0.05, 0) is 29.8 Å². The van der Waals surface area contributed by atoms with E-state index < -0.39 is 0 Å². The molecule has 0 saturated heterocycles. The van der Waals surface area contributed by atoms with Crippen molar-refractivity contribution in [3.63, 3.8) is 0 Å². The number of ether oxygens (including phenoxy) is 3. The van der Waals surface area contributed by atoms with E-state index in [1.54, 1.807) is 44.6 Å². The van der Waals surface area contributed by atoms with E-state index in [1.165, 1.54) is 0 Å². The Bertz CT molecular complexity index is 671. The first-order chi connectivity index (χ1) is 11.6. The largest absolute Gasteiger partial charge is 0.493 e. The van der Waals surface area contributed by atoms with Gasteiger partial charge in [-0.1, -0.05) is 12.1 Å². The van der Waals surface area contributed by atoms with Crippen LogP contribution in [-0.4, -0.2) is 33.3 Å². The molecule has 3 N–H and O–H groups in total. The molecule has 6 nitrogen and oxygen atoms in total. The number of nitrogen functional groups attached to an aromatic ring is 1. The molecule has 0 spiro atoms. The van der Waals surface area contributed by atoms with Gasteiger partial charge in [-0.3, -0.25) is 4.79 Å². The molecule has 24 heavy (non-hydrogen) atoms. The van der Waals surface area contributed by atoms with Gasteiger partial charge >= 0.3 is 0 Å². The number of nitrogens with one attached hydrogen (secondary N) is 1. The maximum atomic E-state index is 12.2. The van der Waals surface area contributed by atoms with Gasteiger partial charge in [0.1, 0.15) is 6.61 Å². The van der Waals surface area contributed by atoms with E-state index in [2.05, 4.69) is 5.32 Å². The lowest BCUT2D eigenvalue weighted by Crippen LogP contribution is -2.14. The van der Waals surface area contributed by atoms with Crippen LogP contribution in [0, 0.1) is 0 Å². The van der Waals surface area contributed by atoms with E-state index >= 15 is 0 Å². The van der Waals surface area contributed by atoms with Gasteiger partial charge in [-0.25, -0.2) is 0 Å². The number of carbonyl (C=O) groups is 1. The zero-order valence-corrected chi connectivity index (χ0v) is 13.9. The molecule has 0 saturated carbocycles. The molecule has 0 aromatic heterocycles. The molecule has 0 radical (unpaired) electrons. The van der Waals surface area contributed by atoms with E-state index in [0.717, 1.165) is 5.56 Å². The third-order valence-electron chi connectivity index (χ3n) is 3.34. The average Bonchev–Trinajstić information content (AvgIpc) is 2.57. The standard InChI is InChI=1S/C18H22N2O4/c1-22-9-10-24-17-12-15(7-8-16(17)23-2)20-18(21)11-13-3-5-14(19)6-4-13/h3-8,12H,9-11,19H2,1-2H3,(H,20,21). The number of methoxy groups -OCH3 is 2. The highest BCUT2D eigenvalue weighted by molar-refractivity contribution is 5.92. The Morgan fingerprint density at radius 3 is 2.46 bits per heavy atom. The number of benzene rings is 2. The van der Waals surface area contributed by atoms with Crippen molar-refractivity contribution in [3.05, 3.63) is 48.0 Å². The summed E-state index contributed by atoms with van der Waals surface area (Å²) in [5, 5.41) is 2.85. The summed E-state index contributed by atoms with van der Waals surface area (Å²) < 4.78 is 15.8. The number of nitrogens with two attached hydrogens (primary N) is 1. The minimum absolute atomic E-state index is 0.118. The van der Waals surface area contributed by atoms with Crippen molar-refractivity contribution < 1.29 is 19.0 Å². The highest BCUT2D eigenvalue weighted by Crippen LogP contribution is 2.30. The fourth-order valence-corrected chi connectivity index (χ4v) is 2.13. The molecule has 0 aliphatic rings. The summed E-state index contributed by atoms with van der Waals surface area (Å²) in [6.07, 6.45) is 0.270. The molecule has 0 bridgehead atoms. The third kappa shape index (κ3) is 5.17. The summed E-state index contributed by atoms with van der Waals surface area (Å²) in [5.74, 6) is 1.04. The third-order valence-corrected chi connectivity index (χ3v) is 3.34. The average molecular weight is 330 g/mol. The van der Waals surface area contributed by atoms with Crippen LogP contribution in [0.1, 0.15) is 5.56 Å². The second-order valence-corrected chi connectivity index (χ2v) is 5.17. The molecule has 0 unspecified atom stereocenters. The number of rotatable bonds is 8. The molecule has 0 heterocycles. The predicted molar refractivity (Wildman–Crippen MR) is 93.6 cm³/mol. The second-order valence-electron chi connectivity index (χ2n) is 5.17. The summed E-state index contributed by atoms with van der Waals surface area (Å²) in [4.78, 5) is 12.2. The first-order valence-corrected chi connectivity index (χ1v) is 7.56. The Balaban J connectivity index is 2.01. The first kappa shape index (κ1) is 17.6. The number of carbonyl (C=O) groups excluding carboxylic acids is 1. The van der Waals surface area contributed by atoms with Crippen LogP contribution in [0.5, 0.6) is 11.5 Å². The Labute approximate surface area is 141 Å². The molecule has 6 heteroatoms. The molecule has 0 fully saturated rings. The Morgan fingerprint density at radius 1 is 1.04 bits per heavy atom. The number of hydrogen-bond acceptors (Lipinski definition) is 5. The maximum Gasteiger partial charge on any atom is 0.228 e. The highest BCUT2D eigenvalue weighted by Gasteiger charge is 2.09. The lowest BCUT2D eigenvalue weighted by atomic mass is 10.1. The highest BCUT2D eigenvalue weighted by atomic mass is 16.5. The summed E-state index contributed by atoms with van der Waals surface area (Å²) >= 11 is 0. The van der Waals surface area contributed by atoms with Crippen molar-refractivity contribution in [1.82, 2.24) is 0 Å². The van der Waals surface area contributed by atoms with Crippen molar-refractivity contribution in [2.75, 3.05) is 38.5 Å². The molecule has 2 aromatic rings. The fraction of sp³-hybridized carbons (Fsp3) is 0.278. The normalized spacial score (nSPS) is 10.2. The SMILES string of the molecule is COCCOc1cc(NC(=O)Cc2ccc(N)cc2)ccc1OC. The number of amides is 1. The van der Waals surface area contributed by atoms with Gasteiger partial charge in [0.2, 0.25) is 5.91 Å². The van der Waals surface area contributed by atoms with Gasteiger partial charge in [0.05, 0.1) is 20.1 Å². The summed E-state index contributed by atoms with van der Waals surface area (Å²) in [5.41, 5.74) is 7.85. The Morgan fingerprint density at radius 2 is 1.79 bits per heavy atom. The first-order valence-electron chi connectivity index (χ1n) is 7.56. The van der Waals surface area contributed by atoms with Gasteiger partial charge in [-0.2, -0.15) is 0 Å². The van der Waals surface area contributed by atoms with E-state index in [9.17, 15) is 4.79 Å². The summed E-state index contributed by atoms with van der Waals surface area (Å²) in [6, 6.07) is 12.5. The molecule has 2 aromatic carbocycles. The van der Waals surface area contributed by atoms with Crippen molar-refractivity contribution in [2.24, 2.45) is 0 Å². The molecule has 1 amide bonds. The second kappa shape index (κ2) is 8.79. The molecule has 128 valence electrons. The maximum absolute atomic E-state index is 12.2. The van der Waals surface area contributed by atoms with Crippen LogP contribution in [0.3, 0.4) is 0 Å². The van der Waals surface area contributed by atoms with Crippen molar-refractivity contribution in [1.29, 1.82) is 0 Å². The summed E-state index contributed by atoms with van der Waals surface area (Å²) in [6.45, 7) is 0.868. The lowest BCUT2D eigenvalue weighted by molar-refractivity contribution is -0.115. The monoisotopic (exact) mass is 330 g/mol. The minimum Gasteiger partial charge on any atom is -0.493 e. The number of anilines is 2. The Kier molecular flexibility index (Phi) is 6.45. The van der Waals surface area contributed by atoms with Crippen molar-refractivity contribution in [2.45, 2.75) is 6.42 Å². The van der Waals surface area contributed by atoms with Crippen LogP contribution in [0.15, 0.2) is 42.5 Å². The quantitative estimate of drug-likeness (QED) is 0.574. The van der Waals surface area contributed by atoms with Crippen LogP contribution in [0.4, 0.5) is 11.4 Å². The van der Waals surface area contributed by atoms with Crippen molar-refractivity contribution in [3.8, 4) is 11.5 Å². The molecular formula is C18H22N2O4. The topological polar surface area (TPSA) is 82.8 Å². The molecule has 0 aliphatic heterocycles. The van der Waals surface area contributed by atoms with Crippen LogP contribution in [-0.2, 0) is 16.0 Å². The fourth-order valence-electron chi connectivity index (χ4n) is 2.13. The molecule has 0 atom stereocenters. The molecular weight excluding hydrogens is 308 g/mol. The smallest absolute Gasteiger partial charge is 0.228 e. The lowest BCUT2D eigenvalue weighted by Gasteiger charge is -2.13. The van der Waals surface area contributed by atoms with Crippen LogP contribution in [0.25, 0.3) is 0 Å². The molecule has 2 rings (SSSR count). The summed E-state index contributed by atoms with van der Waals surface area (Å²) in [7, 11) is 3.17. The molecule has 0 aliphatic carbocycles. The van der Waals surface area contributed by atoms with Gasteiger partial charge in [0.25, 0.3) is 0 Å². The van der Waals surface area contributed by atoms with Gasteiger partial charge in [0, 0.05) is 24.6 Å². The zero-order valence-electron chi connectivity index (χ0n) is 13.9. The minimum atomic E-state index is -0.118. The van der Waals surface area contributed by atoms with Crippen LogP contribution >= 0.6 is 0 Å². The predicted octanol–water partition coefficient (Wildman–Crippen LogP) is 2.48. The Hall–Kier alpha value is -2.73. The van der Waals surface area contributed by atoms with E-state index in [-0.39, 0.29) is 12.3 Å². The van der Waals surface area contributed by atoms with Crippen molar-refractivity contribution >= 4 is 17.3 Å². The van der Waals surface area contributed by atoms with Crippen LogP contribution < -0.4 is 20.5 Å². The van der Waals surface area contributed by atoms with E-state index in [1.807, 2.05) is 12.1 Å². The van der Waals surface area contributed by atoms with Gasteiger partial charge < -0.3 is 25.3 Å². The van der Waals surface area contributed by atoms with Gasteiger partial charge in [0.15, 0.2) is 11.5 Å². The van der Waals surface area contributed by atoms with Crippen LogP contribution in [0.2, 0.25) is 0 Å². The van der Waals surface area contributed by atoms with E-state index in [4.69, 9.17) is 19.9 Å². The van der Waals surface area contributed by atoms with Gasteiger partial charge in [-0.15, -0.1) is 0 Å². The zero-order chi connectivity index (χ0) is 17.4. The number of hydrogen-bond donors (Lipinski definition) is 2.